The fraction of sp³-hybridized carbons (Fsp3) is 0.182. The van der Waals surface area contributed by atoms with Crippen LogP contribution in [-0.4, -0.2) is 31.5 Å². The number of nitrogens with one attached hydrogen (secondary N) is 1. The molecule has 0 radical (unpaired) electrons. The Morgan fingerprint density at radius 3 is 2.60 bits per heavy atom. The van der Waals surface area contributed by atoms with Crippen LogP contribution in [0.15, 0.2) is 48.8 Å². The van der Waals surface area contributed by atoms with Gasteiger partial charge in [-0.25, -0.2) is 13.8 Å². The van der Waals surface area contributed by atoms with E-state index in [4.69, 9.17) is 5.73 Å². The molecule has 0 saturated heterocycles. The third kappa shape index (κ3) is 4.84. The van der Waals surface area contributed by atoms with Crippen LogP contribution in [0.2, 0.25) is 0 Å². The molecule has 0 aliphatic carbocycles. The van der Waals surface area contributed by atoms with Gasteiger partial charge in [-0.05, 0) is 17.2 Å². The topological polar surface area (TPSA) is 146 Å². The van der Waals surface area contributed by atoms with Crippen LogP contribution in [0.5, 0.6) is 0 Å². The Balaban J connectivity index is 1.76. The lowest BCUT2D eigenvalue weighted by atomic mass is 10.0. The zero-order chi connectivity index (χ0) is 25.3. The molecule has 4 aromatic rings. The number of halogens is 2. The van der Waals surface area contributed by atoms with Gasteiger partial charge in [-0.15, -0.1) is 11.3 Å². The number of benzene rings is 1. The van der Waals surface area contributed by atoms with E-state index in [-0.39, 0.29) is 27.6 Å². The maximum Gasteiger partial charge on any atom is 0.306 e. The first-order chi connectivity index (χ1) is 16.7. The number of alkyl halides is 2. The molecule has 1 unspecified atom stereocenters. The number of rotatable bonds is 8. The third-order valence-corrected chi connectivity index (χ3v) is 6.30. The number of nitrogens with two attached hydrogens (primary N) is 1. The largest absolute Gasteiger partial charge is 0.365 e. The van der Waals surface area contributed by atoms with Crippen molar-refractivity contribution in [1.82, 2.24) is 14.8 Å². The van der Waals surface area contributed by atoms with Crippen molar-refractivity contribution in [2.24, 2.45) is 11.7 Å². The summed E-state index contributed by atoms with van der Waals surface area (Å²) in [5.74, 6) is -2.10. The van der Waals surface area contributed by atoms with Gasteiger partial charge in [0.1, 0.15) is 27.8 Å². The van der Waals surface area contributed by atoms with Crippen LogP contribution >= 0.6 is 11.3 Å². The van der Waals surface area contributed by atoms with Gasteiger partial charge in [0.05, 0.1) is 23.1 Å². The Labute approximate surface area is 200 Å². The molecule has 0 saturated carbocycles. The number of hydrogen-bond acceptors (Lipinski definition) is 7. The Morgan fingerprint density at radius 2 is 2.00 bits per heavy atom. The molecule has 13 heteroatoms. The quantitative estimate of drug-likeness (QED) is 0.271. The number of nitrogens with zero attached hydrogens (tertiary/aromatic N) is 4. The second-order valence-electron chi connectivity index (χ2n) is 7.68. The maximum atomic E-state index is 13.6. The van der Waals surface area contributed by atoms with Crippen LogP contribution in [0.3, 0.4) is 0 Å². The number of fused-ring (bicyclic) bond motifs is 1. The van der Waals surface area contributed by atoms with E-state index >= 15 is 0 Å². The van der Waals surface area contributed by atoms with Crippen LogP contribution < -0.4 is 11.1 Å². The predicted octanol–water partition coefficient (Wildman–Crippen LogP) is 4.38. The first-order valence-electron chi connectivity index (χ1n) is 10.2. The summed E-state index contributed by atoms with van der Waals surface area (Å²) in [5.41, 5.74) is 5.87. The van der Waals surface area contributed by atoms with Crippen molar-refractivity contribution in [2.75, 3.05) is 5.32 Å². The number of thiophene rings is 1. The lowest BCUT2D eigenvalue weighted by molar-refractivity contribution is -0.385. The summed E-state index contributed by atoms with van der Waals surface area (Å²) < 4.78 is 28.4. The van der Waals surface area contributed by atoms with Crippen LogP contribution in [0.4, 0.5) is 20.2 Å². The number of carbonyl (C=O) groups is 2. The minimum absolute atomic E-state index is 0.0208. The molecular formula is C22H18F2N6O4S. The summed E-state index contributed by atoms with van der Waals surface area (Å²) in [6.07, 6.45) is -0.583. The van der Waals surface area contributed by atoms with Crippen LogP contribution in [0, 0.1) is 16.0 Å². The Morgan fingerprint density at radius 1 is 1.29 bits per heavy atom. The van der Waals surface area contributed by atoms with E-state index in [2.05, 4.69) is 15.4 Å². The number of amides is 2. The van der Waals surface area contributed by atoms with E-state index in [1.807, 2.05) is 0 Å². The van der Waals surface area contributed by atoms with E-state index in [1.165, 1.54) is 16.9 Å². The first-order valence-corrected chi connectivity index (χ1v) is 11.1. The summed E-state index contributed by atoms with van der Waals surface area (Å²) in [6.45, 7) is 1.60. The predicted molar refractivity (Wildman–Crippen MR) is 125 cm³/mol. The van der Waals surface area contributed by atoms with Gasteiger partial charge in [-0.1, -0.05) is 37.3 Å². The van der Waals surface area contributed by atoms with E-state index < -0.39 is 34.8 Å². The van der Waals surface area contributed by atoms with Crippen LogP contribution in [0.1, 0.15) is 28.7 Å². The maximum absolute atomic E-state index is 13.6. The highest BCUT2D eigenvalue weighted by Crippen LogP contribution is 2.42. The monoisotopic (exact) mass is 500 g/mol. The van der Waals surface area contributed by atoms with Crippen LogP contribution in [0.25, 0.3) is 21.3 Å². The van der Waals surface area contributed by atoms with Gasteiger partial charge in [0.25, 0.3) is 12.3 Å². The normalized spacial score (nSPS) is 12.1. The van der Waals surface area contributed by atoms with Crippen molar-refractivity contribution in [3.8, 4) is 11.1 Å². The molecule has 0 aliphatic heterocycles. The molecule has 3 heterocycles. The number of hydrogen-bond donors (Lipinski definition) is 2. The molecule has 1 aromatic carbocycles. The second kappa shape index (κ2) is 9.54. The Bertz CT molecular complexity index is 1440. The van der Waals surface area contributed by atoms with E-state index in [1.54, 1.807) is 37.3 Å². The molecule has 1 atom stereocenters. The third-order valence-electron chi connectivity index (χ3n) is 5.20. The fourth-order valence-corrected chi connectivity index (χ4v) is 4.54. The first kappa shape index (κ1) is 23.9. The highest BCUT2D eigenvalue weighted by atomic mass is 32.1. The minimum atomic E-state index is -2.85. The molecule has 0 aliphatic rings. The minimum Gasteiger partial charge on any atom is -0.365 e. The zero-order valence-corrected chi connectivity index (χ0v) is 19.0. The van der Waals surface area contributed by atoms with Crippen molar-refractivity contribution < 1.29 is 23.3 Å². The standard InChI is InChI=1S/C22H18F2N6O4S/c1-11(9-29-10-13(8-26-29)30(33)34)21(32)28-17-16-14(12-5-3-2-4-6-12)7-15(19(23)24)27-22(16)35-18(17)20(25)31/h2-8,10-11,19H,9H2,1H3,(H2,25,31)(H,28,32). The molecule has 3 N–H and O–H groups in total. The highest BCUT2D eigenvalue weighted by Gasteiger charge is 2.26. The number of nitro groups is 1. The molecule has 4 rings (SSSR count). The average Bonchev–Trinajstić information content (AvgIpc) is 3.44. The molecule has 0 spiro atoms. The fourth-order valence-electron chi connectivity index (χ4n) is 3.52. The van der Waals surface area contributed by atoms with Gasteiger partial charge in [0.15, 0.2) is 0 Å². The van der Waals surface area contributed by atoms with Gasteiger partial charge in [-0.2, -0.15) is 5.10 Å². The molecular weight excluding hydrogens is 482 g/mol. The SMILES string of the molecule is CC(Cn1cc([N+](=O)[O-])cn1)C(=O)Nc1c(C(N)=O)sc2nc(C(F)F)cc(-c3ccccc3)c12. The summed E-state index contributed by atoms with van der Waals surface area (Å²) >= 11 is 0.810. The number of anilines is 1. The molecule has 0 fully saturated rings. The van der Waals surface area contributed by atoms with E-state index in [0.717, 1.165) is 17.5 Å². The number of aromatic nitrogens is 3. The van der Waals surface area contributed by atoms with Crippen molar-refractivity contribution in [1.29, 1.82) is 0 Å². The van der Waals surface area contributed by atoms with Crippen molar-refractivity contribution >= 4 is 44.7 Å². The molecule has 10 nitrogen and oxygen atoms in total. The van der Waals surface area contributed by atoms with Crippen LogP contribution in [-0.2, 0) is 11.3 Å². The Hall–Kier alpha value is -4.26. The van der Waals surface area contributed by atoms with Gasteiger partial charge < -0.3 is 11.1 Å². The number of pyridine rings is 1. The van der Waals surface area contributed by atoms with Crippen molar-refractivity contribution in [3.05, 3.63) is 69.5 Å². The van der Waals surface area contributed by atoms with Gasteiger partial charge in [-0.3, -0.25) is 24.4 Å². The summed E-state index contributed by atoms with van der Waals surface area (Å²) in [5, 5.41) is 17.7. The van der Waals surface area contributed by atoms with Gasteiger partial charge >= 0.3 is 5.69 Å². The summed E-state index contributed by atoms with van der Waals surface area (Å²) in [7, 11) is 0. The number of primary amides is 1. The summed E-state index contributed by atoms with van der Waals surface area (Å²) in [6, 6.07) is 9.88. The zero-order valence-electron chi connectivity index (χ0n) is 18.1. The molecule has 35 heavy (non-hydrogen) atoms. The van der Waals surface area contributed by atoms with Crippen molar-refractivity contribution in [2.45, 2.75) is 19.9 Å². The van der Waals surface area contributed by atoms with Crippen molar-refractivity contribution in [3.63, 3.8) is 0 Å². The smallest absolute Gasteiger partial charge is 0.306 e. The Kier molecular flexibility index (Phi) is 6.51. The van der Waals surface area contributed by atoms with Gasteiger partial charge in [0.2, 0.25) is 5.91 Å². The molecule has 3 aromatic heterocycles. The highest BCUT2D eigenvalue weighted by molar-refractivity contribution is 7.21. The van der Waals surface area contributed by atoms with Gasteiger partial charge in [0, 0.05) is 5.39 Å². The molecule has 0 bridgehead atoms. The van der Waals surface area contributed by atoms with E-state index in [0.29, 0.717) is 16.5 Å². The summed E-state index contributed by atoms with van der Waals surface area (Å²) in [4.78, 5) is 39.6. The molecule has 2 amide bonds. The van der Waals surface area contributed by atoms with E-state index in [9.17, 15) is 28.5 Å². The average molecular weight is 500 g/mol. The lowest BCUT2D eigenvalue weighted by Crippen LogP contribution is -2.25. The lowest BCUT2D eigenvalue weighted by Gasteiger charge is -2.14. The second-order valence-corrected chi connectivity index (χ2v) is 8.68. The number of carbonyl (C=O) groups excluding carboxylic acids is 2. The molecule has 180 valence electrons.